The lowest BCUT2D eigenvalue weighted by Gasteiger charge is -2.19. The van der Waals surface area contributed by atoms with E-state index in [1.165, 1.54) is 11.3 Å². The predicted molar refractivity (Wildman–Crippen MR) is 92.5 cm³/mol. The number of hydrogen-bond acceptors (Lipinski definition) is 6. The number of rotatable bonds is 5. The molecule has 1 atom stereocenters. The zero-order valence-electron chi connectivity index (χ0n) is 14.0. The Hall–Kier alpha value is -2.48. The number of nitrogens with zero attached hydrogens (tertiary/aromatic N) is 1. The Balaban J connectivity index is 1.64. The molecule has 3 rings (SSSR count). The quantitative estimate of drug-likeness (QED) is 0.852. The van der Waals surface area contributed by atoms with Crippen molar-refractivity contribution in [1.29, 1.82) is 0 Å². The molecule has 0 radical (unpaired) electrons. The van der Waals surface area contributed by atoms with E-state index in [1.54, 1.807) is 6.92 Å². The van der Waals surface area contributed by atoms with Crippen LogP contribution in [-0.2, 0) is 22.6 Å². The van der Waals surface area contributed by atoms with Crippen molar-refractivity contribution in [2.24, 2.45) is 5.92 Å². The standard InChI is InChI=1S/C17H19N3O4S/c1-3-14(22)20-17-19-12-6-10(7-13(21)15(12)25-17)16(23)18-8-11-5-4-9(2)24-11/h4-5,10H,3,6-8H2,1-2H3,(H,18,23)(H,19,20,22). The molecule has 1 unspecified atom stereocenters. The first-order valence-corrected chi connectivity index (χ1v) is 8.93. The number of nitrogens with one attached hydrogen (secondary N) is 2. The number of aromatic nitrogens is 1. The molecule has 2 aromatic rings. The molecule has 7 nitrogen and oxygen atoms in total. The van der Waals surface area contributed by atoms with Gasteiger partial charge in [0.25, 0.3) is 0 Å². The fourth-order valence-corrected chi connectivity index (χ4v) is 3.63. The monoisotopic (exact) mass is 361 g/mol. The van der Waals surface area contributed by atoms with Crippen molar-refractivity contribution in [2.45, 2.75) is 39.7 Å². The van der Waals surface area contributed by atoms with Gasteiger partial charge in [0.05, 0.1) is 23.0 Å². The summed E-state index contributed by atoms with van der Waals surface area (Å²) in [6.45, 7) is 3.87. The minimum atomic E-state index is -0.451. The van der Waals surface area contributed by atoms with E-state index in [0.717, 1.165) is 5.76 Å². The Labute approximate surface area is 148 Å². The van der Waals surface area contributed by atoms with E-state index < -0.39 is 5.92 Å². The number of hydrogen-bond donors (Lipinski definition) is 2. The molecule has 0 fully saturated rings. The molecule has 8 heteroatoms. The third kappa shape index (κ3) is 3.96. The second-order valence-electron chi connectivity index (χ2n) is 5.96. The molecular weight excluding hydrogens is 342 g/mol. The number of amides is 2. The van der Waals surface area contributed by atoms with E-state index in [2.05, 4.69) is 15.6 Å². The van der Waals surface area contributed by atoms with Crippen LogP contribution >= 0.6 is 11.3 Å². The van der Waals surface area contributed by atoms with Crippen molar-refractivity contribution in [1.82, 2.24) is 10.3 Å². The topological polar surface area (TPSA) is 101 Å². The lowest BCUT2D eigenvalue weighted by atomic mass is 9.89. The van der Waals surface area contributed by atoms with Gasteiger partial charge in [0.1, 0.15) is 11.5 Å². The highest BCUT2D eigenvalue weighted by molar-refractivity contribution is 7.17. The second-order valence-corrected chi connectivity index (χ2v) is 6.95. The van der Waals surface area contributed by atoms with Crippen LogP contribution in [0.3, 0.4) is 0 Å². The molecule has 1 aliphatic rings. The number of Topliss-reactive ketones (excluding diaryl/α,β-unsaturated/α-hetero) is 1. The van der Waals surface area contributed by atoms with Crippen LogP contribution in [0.2, 0.25) is 0 Å². The number of carbonyl (C=O) groups excluding carboxylic acids is 3. The summed E-state index contributed by atoms with van der Waals surface area (Å²) in [4.78, 5) is 41.0. The van der Waals surface area contributed by atoms with Crippen LogP contribution in [-0.4, -0.2) is 22.6 Å². The molecule has 0 saturated carbocycles. The van der Waals surface area contributed by atoms with Crippen molar-refractivity contribution in [3.8, 4) is 0 Å². The summed E-state index contributed by atoms with van der Waals surface area (Å²) in [5.41, 5.74) is 0.585. The minimum absolute atomic E-state index is 0.107. The average molecular weight is 361 g/mol. The Morgan fingerprint density at radius 2 is 2.16 bits per heavy atom. The van der Waals surface area contributed by atoms with Gasteiger partial charge < -0.3 is 15.1 Å². The van der Waals surface area contributed by atoms with Gasteiger partial charge in [0.15, 0.2) is 10.9 Å². The smallest absolute Gasteiger partial charge is 0.225 e. The normalized spacial score (nSPS) is 16.4. The van der Waals surface area contributed by atoms with Gasteiger partial charge in [-0.2, -0.15) is 0 Å². The Morgan fingerprint density at radius 3 is 2.84 bits per heavy atom. The van der Waals surface area contributed by atoms with E-state index in [-0.39, 0.29) is 24.0 Å². The van der Waals surface area contributed by atoms with Gasteiger partial charge in [-0.15, -0.1) is 0 Å². The number of fused-ring (bicyclic) bond motifs is 1. The zero-order valence-corrected chi connectivity index (χ0v) is 14.9. The average Bonchev–Trinajstić information content (AvgIpc) is 3.18. The highest BCUT2D eigenvalue weighted by Crippen LogP contribution is 2.32. The van der Waals surface area contributed by atoms with E-state index in [1.807, 2.05) is 19.1 Å². The van der Waals surface area contributed by atoms with Crippen molar-refractivity contribution in [2.75, 3.05) is 5.32 Å². The molecular formula is C17H19N3O4S. The Kier molecular flexibility index (Phi) is 4.98. The molecule has 0 saturated heterocycles. The van der Waals surface area contributed by atoms with E-state index in [4.69, 9.17) is 4.42 Å². The third-order valence-corrected chi connectivity index (χ3v) is 5.05. The first kappa shape index (κ1) is 17.3. The third-order valence-electron chi connectivity index (χ3n) is 3.99. The number of carbonyl (C=O) groups is 3. The second kappa shape index (κ2) is 7.18. The van der Waals surface area contributed by atoms with Crippen LogP contribution in [0, 0.1) is 12.8 Å². The number of anilines is 1. The summed E-state index contributed by atoms with van der Waals surface area (Å²) in [6, 6.07) is 3.64. The Bertz CT molecular complexity index is 824. The number of ketones is 1. The van der Waals surface area contributed by atoms with Crippen LogP contribution in [0.1, 0.15) is 46.7 Å². The van der Waals surface area contributed by atoms with Gasteiger partial charge in [-0.3, -0.25) is 14.4 Å². The lowest BCUT2D eigenvalue weighted by molar-refractivity contribution is -0.125. The fourth-order valence-electron chi connectivity index (χ4n) is 2.68. The molecule has 2 aromatic heterocycles. The molecule has 1 aliphatic carbocycles. The molecule has 0 bridgehead atoms. The zero-order chi connectivity index (χ0) is 18.0. The first-order chi connectivity index (χ1) is 12.0. The predicted octanol–water partition coefficient (Wildman–Crippen LogP) is 2.45. The van der Waals surface area contributed by atoms with Crippen LogP contribution in [0.5, 0.6) is 0 Å². The van der Waals surface area contributed by atoms with Crippen molar-refractivity contribution < 1.29 is 18.8 Å². The Morgan fingerprint density at radius 1 is 1.36 bits per heavy atom. The van der Waals surface area contributed by atoms with Crippen molar-refractivity contribution >= 4 is 34.1 Å². The molecule has 2 heterocycles. The van der Waals surface area contributed by atoms with Crippen LogP contribution in [0.25, 0.3) is 0 Å². The summed E-state index contributed by atoms with van der Waals surface area (Å²) in [7, 11) is 0. The van der Waals surface area contributed by atoms with Gasteiger partial charge in [-0.25, -0.2) is 4.98 Å². The van der Waals surface area contributed by atoms with Gasteiger partial charge in [-0.05, 0) is 19.1 Å². The van der Waals surface area contributed by atoms with Crippen molar-refractivity contribution in [3.05, 3.63) is 34.2 Å². The SMILES string of the molecule is CCC(=O)Nc1nc2c(s1)C(=O)CC(C(=O)NCc1ccc(C)o1)C2. The molecule has 0 aromatic carbocycles. The minimum Gasteiger partial charge on any atom is -0.465 e. The maximum atomic E-state index is 12.4. The summed E-state index contributed by atoms with van der Waals surface area (Å²) in [5.74, 6) is 0.553. The number of furan rings is 1. The van der Waals surface area contributed by atoms with Crippen molar-refractivity contribution in [3.63, 3.8) is 0 Å². The first-order valence-electron chi connectivity index (χ1n) is 8.12. The molecule has 0 aliphatic heterocycles. The van der Waals surface area contributed by atoms with E-state index in [0.29, 0.717) is 40.8 Å². The highest BCUT2D eigenvalue weighted by Gasteiger charge is 2.33. The molecule has 0 spiro atoms. The summed E-state index contributed by atoms with van der Waals surface area (Å²) >= 11 is 1.17. The summed E-state index contributed by atoms with van der Waals surface area (Å²) in [5, 5.41) is 5.88. The molecule has 25 heavy (non-hydrogen) atoms. The van der Waals surface area contributed by atoms with Crippen LogP contribution in [0.4, 0.5) is 5.13 Å². The maximum Gasteiger partial charge on any atom is 0.225 e. The van der Waals surface area contributed by atoms with Gasteiger partial charge in [-0.1, -0.05) is 18.3 Å². The number of thiazole rings is 1. The van der Waals surface area contributed by atoms with Gasteiger partial charge in [0.2, 0.25) is 11.8 Å². The molecule has 2 amide bonds. The molecule has 132 valence electrons. The van der Waals surface area contributed by atoms with Gasteiger partial charge in [0, 0.05) is 19.3 Å². The summed E-state index contributed by atoms with van der Waals surface area (Å²) in [6.07, 6.45) is 0.886. The highest BCUT2D eigenvalue weighted by atomic mass is 32.1. The van der Waals surface area contributed by atoms with E-state index >= 15 is 0 Å². The number of aryl methyl sites for hydroxylation is 1. The fraction of sp³-hybridized carbons (Fsp3) is 0.412. The van der Waals surface area contributed by atoms with Crippen LogP contribution in [0.15, 0.2) is 16.5 Å². The largest absolute Gasteiger partial charge is 0.465 e. The lowest BCUT2D eigenvalue weighted by Crippen LogP contribution is -2.35. The van der Waals surface area contributed by atoms with Crippen LogP contribution < -0.4 is 10.6 Å². The maximum absolute atomic E-state index is 12.4. The molecule has 2 N–H and O–H groups in total. The van der Waals surface area contributed by atoms with E-state index in [9.17, 15) is 14.4 Å². The summed E-state index contributed by atoms with van der Waals surface area (Å²) < 4.78 is 5.42. The van der Waals surface area contributed by atoms with Gasteiger partial charge >= 0.3 is 0 Å².